The van der Waals surface area contributed by atoms with E-state index in [4.69, 9.17) is 21.1 Å². The number of hydrogen-bond donors (Lipinski definition) is 1. The lowest BCUT2D eigenvalue weighted by Gasteiger charge is -2.13. The van der Waals surface area contributed by atoms with E-state index in [0.717, 1.165) is 27.2 Å². The normalized spacial score (nSPS) is 10.4. The molecular formula is C17H19BrClNO2. The van der Waals surface area contributed by atoms with Gasteiger partial charge in [-0.05, 0) is 65.7 Å². The van der Waals surface area contributed by atoms with Crippen LogP contribution in [0, 0.1) is 0 Å². The highest BCUT2D eigenvalue weighted by atomic mass is 79.9. The average molecular weight is 385 g/mol. The number of hydrogen-bond acceptors (Lipinski definition) is 3. The van der Waals surface area contributed by atoms with Crippen molar-refractivity contribution in [2.24, 2.45) is 0 Å². The van der Waals surface area contributed by atoms with Crippen LogP contribution in [0.15, 0.2) is 40.9 Å². The predicted octanol–water partition coefficient (Wildman–Crippen LogP) is 5.51. The molecule has 2 aromatic rings. The minimum atomic E-state index is 0.610. The zero-order chi connectivity index (χ0) is 15.9. The van der Waals surface area contributed by atoms with E-state index in [1.807, 2.05) is 50.2 Å². The predicted molar refractivity (Wildman–Crippen MR) is 95.3 cm³/mol. The molecule has 5 heteroatoms. The summed E-state index contributed by atoms with van der Waals surface area (Å²) in [5.74, 6) is 1.55. The fourth-order valence-corrected chi connectivity index (χ4v) is 2.44. The van der Waals surface area contributed by atoms with Gasteiger partial charge in [0.05, 0.1) is 18.2 Å². The second kappa shape index (κ2) is 8.30. The molecule has 0 aliphatic heterocycles. The topological polar surface area (TPSA) is 30.5 Å². The van der Waals surface area contributed by atoms with Gasteiger partial charge in [-0.25, -0.2) is 0 Å². The van der Waals surface area contributed by atoms with Crippen molar-refractivity contribution in [2.45, 2.75) is 20.4 Å². The Morgan fingerprint density at radius 1 is 1.00 bits per heavy atom. The van der Waals surface area contributed by atoms with Gasteiger partial charge in [0.2, 0.25) is 0 Å². The third-order valence-electron chi connectivity index (χ3n) is 3.02. The third-order valence-corrected chi connectivity index (χ3v) is 4.26. The minimum absolute atomic E-state index is 0.610. The first-order valence-corrected chi connectivity index (χ1v) is 8.38. The maximum Gasteiger partial charge on any atom is 0.161 e. The Bertz CT molecular complexity index is 634. The average Bonchev–Trinajstić information content (AvgIpc) is 2.51. The van der Waals surface area contributed by atoms with Gasteiger partial charge in [0.15, 0.2) is 11.5 Å². The summed E-state index contributed by atoms with van der Waals surface area (Å²) in [4.78, 5) is 0. The van der Waals surface area contributed by atoms with Crippen molar-refractivity contribution < 1.29 is 9.47 Å². The second-order valence-electron chi connectivity index (χ2n) is 4.63. The second-order valence-corrected chi connectivity index (χ2v) is 5.89. The van der Waals surface area contributed by atoms with Gasteiger partial charge >= 0.3 is 0 Å². The largest absolute Gasteiger partial charge is 0.490 e. The monoisotopic (exact) mass is 383 g/mol. The van der Waals surface area contributed by atoms with E-state index in [2.05, 4.69) is 21.2 Å². The Kier molecular flexibility index (Phi) is 6.40. The Labute approximate surface area is 144 Å². The van der Waals surface area contributed by atoms with Gasteiger partial charge in [0, 0.05) is 16.7 Å². The summed E-state index contributed by atoms with van der Waals surface area (Å²) in [5, 5.41) is 4.03. The van der Waals surface area contributed by atoms with Gasteiger partial charge in [-0.1, -0.05) is 17.7 Å². The van der Waals surface area contributed by atoms with Crippen molar-refractivity contribution in [2.75, 3.05) is 18.5 Å². The summed E-state index contributed by atoms with van der Waals surface area (Å²) < 4.78 is 12.1. The van der Waals surface area contributed by atoms with Crippen molar-refractivity contribution in [3.8, 4) is 11.5 Å². The van der Waals surface area contributed by atoms with Crippen LogP contribution in [0.5, 0.6) is 11.5 Å². The van der Waals surface area contributed by atoms with Gasteiger partial charge in [-0.2, -0.15) is 0 Å². The molecule has 0 aromatic heterocycles. The maximum atomic E-state index is 6.09. The zero-order valence-electron chi connectivity index (χ0n) is 12.7. The number of ether oxygens (including phenoxy) is 2. The van der Waals surface area contributed by atoms with Crippen molar-refractivity contribution in [1.82, 2.24) is 0 Å². The van der Waals surface area contributed by atoms with E-state index in [1.165, 1.54) is 0 Å². The molecule has 0 spiro atoms. The summed E-state index contributed by atoms with van der Waals surface area (Å²) in [6, 6.07) is 11.8. The van der Waals surface area contributed by atoms with E-state index < -0.39 is 0 Å². The molecule has 0 saturated carbocycles. The number of anilines is 1. The zero-order valence-corrected chi connectivity index (χ0v) is 15.0. The van der Waals surface area contributed by atoms with Gasteiger partial charge in [-0.3, -0.25) is 0 Å². The van der Waals surface area contributed by atoms with E-state index in [-0.39, 0.29) is 0 Å². The molecule has 2 aromatic carbocycles. The van der Waals surface area contributed by atoms with E-state index in [0.29, 0.717) is 24.8 Å². The first kappa shape index (κ1) is 17.0. The summed E-state index contributed by atoms with van der Waals surface area (Å²) in [6.45, 7) is 5.84. The molecule has 0 atom stereocenters. The standard InChI is InChI=1S/C17H19BrClNO2/c1-3-21-16-8-5-12(9-17(16)22-4-2)11-20-13-6-7-14(18)15(19)10-13/h5-10,20H,3-4,11H2,1-2H3. The van der Waals surface area contributed by atoms with Crippen molar-refractivity contribution in [3.05, 3.63) is 51.5 Å². The first-order valence-electron chi connectivity index (χ1n) is 7.21. The smallest absolute Gasteiger partial charge is 0.161 e. The van der Waals surface area contributed by atoms with Crippen LogP contribution in [-0.2, 0) is 6.54 Å². The lowest BCUT2D eigenvalue weighted by molar-refractivity contribution is 0.287. The lowest BCUT2D eigenvalue weighted by atomic mass is 10.2. The van der Waals surface area contributed by atoms with Crippen LogP contribution in [0.2, 0.25) is 5.02 Å². The van der Waals surface area contributed by atoms with Crippen LogP contribution in [0.4, 0.5) is 5.69 Å². The van der Waals surface area contributed by atoms with E-state index >= 15 is 0 Å². The quantitative estimate of drug-likeness (QED) is 0.682. The number of rotatable bonds is 7. The first-order chi connectivity index (χ1) is 10.6. The van der Waals surface area contributed by atoms with Crippen LogP contribution in [-0.4, -0.2) is 13.2 Å². The van der Waals surface area contributed by atoms with Gasteiger partial charge in [-0.15, -0.1) is 0 Å². The third kappa shape index (κ3) is 4.55. The van der Waals surface area contributed by atoms with Crippen LogP contribution < -0.4 is 14.8 Å². The van der Waals surface area contributed by atoms with Crippen LogP contribution >= 0.6 is 27.5 Å². The minimum Gasteiger partial charge on any atom is -0.490 e. The molecule has 0 unspecified atom stereocenters. The van der Waals surface area contributed by atoms with E-state index in [9.17, 15) is 0 Å². The summed E-state index contributed by atoms with van der Waals surface area (Å²) in [5.41, 5.74) is 2.09. The van der Waals surface area contributed by atoms with Gasteiger partial charge < -0.3 is 14.8 Å². The molecule has 0 bridgehead atoms. The number of halogens is 2. The van der Waals surface area contributed by atoms with Crippen molar-refractivity contribution in [3.63, 3.8) is 0 Å². The molecule has 2 rings (SSSR count). The molecule has 0 fully saturated rings. The van der Waals surface area contributed by atoms with Crippen LogP contribution in [0.3, 0.4) is 0 Å². The lowest BCUT2D eigenvalue weighted by Crippen LogP contribution is -2.02. The Hall–Kier alpha value is -1.39. The van der Waals surface area contributed by atoms with Gasteiger partial charge in [0.1, 0.15) is 0 Å². The number of nitrogens with one attached hydrogen (secondary N) is 1. The molecule has 0 saturated heterocycles. The highest BCUT2D eigenvalue weighted by Crippen LogP contribution is 2.29. The molecule has 3 nitrogen and oxygen atoms in total. The fourth-order valence-electron chi connectivity index (χ4n) is 2.02. The molecule has 0 heterocycles. The Balaban J connectivity index is 2.08. The highest BCUT2D eigenvalue weighted by molar-refractivity contribution is 9.10. The molecule has 0 radical (unpaired) electrons. The molecule has 0 aliphatic carbocycles. The molecular weight excluding hydrogens is 366 g/mol. The van der Waals surface area contributed by atoms with Gasteiger partial charge in [0.25, 0.3) is 0 Å². The number of benzene rings is 2. The maximum absolute atomic E-state index is 6.09. The van der Waals surface area contributed by atoms with Crippen molar-refractivity contribution >= 4 is 33.2 Å². The Morgan fingerprint density at radius 3 is 2.41 bits per heavy atom. The van der Waals surface area contributed by atoms with Crippen LogP contribution in [0.1, 0.15) is 19.4 Å². The summed E-state index contributed by atoms with van der Waals surface area (Å²) in [6.07, 6.45) is 0. The Morgan fingerprint density at radius 2 is 1.73 bits per heavy atom. The molecule has 0 aliphatic rings. The summed E-state index contributed by atoms with van der Waals surface area (Å²) in [7, 11) is 0. The molecule has 118 valence electrons. The molecule has 0 amide bonds. The fraction of sp³-hybridized carbons (Fsp3) is 0.294. The van der Waals surface area contributed by atoms with E-state index in [1.54, 1.807) is 0 Å². The molecule has 1 N–H and O–H groups in total. The van der Waals surface area contributed by atoms with Crippen molar-refractivity contribution in [1.29, 1.82) is 0 Å². The SMILES string of the molecule is CCOc1ccc(CNc2ccc(Br)c(Cl)c2)cc1OCC. The molecule has 22 heavy (non-hydrogen) atoms. The van der Waals surface area contributed by atoms with Crippen LogP contribution in [0.25, 0.3) is 0 Å². The highest BCUT2D eigenvalue weighted by Gasteiger charge is 2.06. The summed E-state index contributed by atoms with van der Waals surface area (Å²) >= 11 is 9.48.